The molecule has 0 aliphatic carbocycles. The average Bonchev–Trinajstić information content (AvgIpc) is 3.35. The zero-order chi connectivity index (χ0) is 60.9. The van der Waals surface area contributed by atoms with Gasteiger partial charge in [-0.3, -0.25) is 27.4 Å². The largest absolute Gasteiger partial charge is 6.00 e. The van der Waals surface area contributed by atoms with Crippen molar-refractivity contribution in [2.45, 2.75) is 237 Å². The SMILES string of the molecule is CCCCOP(=O)([O-])OCCCC.CCCCOP(=O)([O-])OCCCC.CCCCOP(=O)([O-])OCCCC.CCCCOP(=O)([O-])OCCCC.CCCCOP(=O)([O-])OCCCC.CCCCOP(=O)([O-])OCCCC.[Mo+6]. The molecule has 0 amide bonds. The van der Waals surface area contributed by atoms with Crippen LogP contribution in [0.5, 0.6) is 0 Å². The summed E-state index contributed by atoms with van der Waals surface area (Å²) in [5, 5.41) is 0. The minimum Gasteiger partial charge on any atom is -0.756 e. The van der Waals surface area contributed by atoms with Crippen molar-refractivity contribution in [1.82, 2.24) is 0 Å². The molecule has 0 aromatic carbocycles. The fraction of sp³-hybridized carbons (Fsp3) is 1.00. The fourth-order valence-corrected chi connectivity index (χ4v) is 8.75. The Labute approximate surface area is 493 Å². The molecule has 24 nitrogen and oxygen atoms in total. The summed E-state index contributed by atoms with van der Waals surface area (Å²) in [7, 11) is -24.0. The molecule has 0 bridgehead atoms. The quantitative estimate of drug-likeness (QED) is 0.0310. The van der Waals surface area contributed by atoms with Gasteiger partial charge in [-0.15, -0.1) is 0 Å². The maximum Gasteiger partial charge on any atom is 6.00 e. The van der Waals surface area contributed by atoms with Crippen molar-refractivity contribution in [1.29, 1.82) is 0 Å². The van der Waals surface area contributed by atoms with Crippen LogP contribution in [0.25, 0.3) is 0 Å². The Kier molecular flexibility index (Phi) is 79.6. The van der Waals surface area contributed by atoms with Crippen molar-refractivity contribution in [3.05, 3.63) is 0 Å². The van der Waals surface area contributed by atoms with Crippen LogP contribution in [0.3, 0.4) is 0 Å². The third-order valence-corrected chi connectivity index (χ3v) is 15.0. The minimum atomic E-state index is -4.00. The van der Waals surface area contributed by atoms with E-state index in [1.807, 2.05) is 83.1 Å². The summed E-state index contributed by atoms with van der Waals surface area (Å²) in [5.74, 6) is 0. The molecule has 0 radical (unpaired) electrons. The molecule has 0 aromatic rings. The first kappa shape index (κ1) is 94.0. The Morgan fingerprint density at radius 1 is 0.190 bits per heavy atom. The molecule has 480 valence electrons. The van der Waals surface area contributed by atoms with Crippen LogP contribution < -0.4 is 29.4 Å². The topological polar surface area (TPSA) is 352 Å². The van der Waals surface area contributed by atoms with Crippen LogP contribution in [-0.4, -0.2) is 79.3 Å². The Morgan fingerprint density at radius 3 is 0.304 bits per heavy atom. The average molecular weight is 1350 g/mol. The van der Waals surface area contributed by atoms with E-state index in [9.17, 15) is 56.8 Å². The second-order valence-corrected chi connectivity index (χ2v) is 25.4. The van der Waals surface area contributed by atoms with Crippen molar-refractivity contribution >= 4 is 46.9 Å². The number of hydrogen-bond donors (Lipinski definition) is 0. The first-order valence-electron chi connectivity index (χ1n) is 28.3. The van der Waals surface area contributed by atoms with Crippen LogP contribution in [0.2, 0.25) is 0 Å². The molecule has 31 heteroatoms. The summed E-state index contributed by atoms with van der Waals surface area (Å²) in [6.07, 6.45) is 19.8. The molecule has 0 rings (SSSR count). The van der Waals surface area contributed by atoms with Crippen LogP contribution in [0.1, 0.15) is 237 Å². The molecule has 0 fully saturated rings. The van der Waals surface area contributed by atoms with Gasteiger partial charge in [0.25, 0.3) is 46.9 Å². The predicted molar refractivity (Wildman–Crippen MR) is 296 cm³/mol. The van der Waals surface area contributed by atoms with Gasteiger partial charge in [0.15, 0.2) is 0 Å². The zero-order valence-electron chi connectivity index (χ0n) is 50.3. The summed E-state index contributed by atoms with van der Waals surface area (Å²) in [6.45, 7) is 26.3. The van der Waals surface area contributed by atoms with Gasteiger partial charge < -0.3 is 83.6 Å². The second-order valence-electron chi connectivity index (χ2n) is 16.9. The summed E-state index contributed by atoms with van der Waals surface area (Å²) < 4.78 is 121. The van der Waals surface area contributed by atoms with E-state index in [-0.39, 0.29) is 100 Å². The summed E-state index contributed by atoms with van der Waals surface area (Å²) in [4.78, 5) is 65.8. The molecule has 0 heterocycles. The van der Waals surface area contributed by atoms with Gasteiger partial charge in [-0.25, -0.2) is 0 Å². The summed E-state index contributed by atoms with van der Waals surface area (Å²) in [5.41, 5.74) is 0. The Morgan fingerprint density at radius 2 is 0.253 bits per heavy atom. The molecule has 0 N–H and O–H groups in total. The molecule has 0 saturated carbocycles. The van der Waals surface area contributed by atoms with E-state index in [0.29, 0.717) is 0 Å². The molecule has 0 aromatic heterocycles. The van der Waals surface area contributed by atoms with E-state index in [1.165, 1.54) is 0 Å². The fourth-order valence-electron chi connectivity index (χ4n) is 4.07. The van der Waals surface area contributed by atoms with Gasteiger partial charge in [-0.1, -0.05) is 160 Å². The van der Waals surface area contributed by atoms with Gasteiger partial charge in [0, 0.05) is 0 Å². The maximum atomic E-state index is 11.0. The normalized spacial score (nSPS) is 11.8. The third-order valence-electron chi connectivity index (χ3n) is 8.97. The third kappa shape index (κ3) is 88.2. The van der Waals surface area contributed by atoms with Gasteiger partial charge in [-0.05, 0) is 77.0 Å². The second kappa shape index (κ2) is 66.9. The molecule has 0 spiro atoms. The van der Waals surface area contributed by atoms with E-state index in [2.05, 4.69) is 54.3 Å². The van der Waals surface area contributed by atoms with Crippen LogP contribution in [0.4, 0.5) is 0 Å². The molecule has 0 saturated heterocycles. The number of phosphoric acid groups is 6. The van der Waals surface area contributed by atoms with E-state index in [4.69, 9.17) is 0 Å². The van der Waals surface area contributed by atoms with Crippen LogP contribution in [0, 0.1) is 0 Å². The first-order valence-corrected chi connectivity index (χ1v) is 37.1. The monoisotopic (exact) mass is 1350 g/mol. The van der Waals surface area contributed by atoms with Crippen molar-refractivity contribution in [2.75, 3.05) is 79.3 Å². The van der Waals surface area contributed by atoms with Crippen molar-refractivity contribution in [2.24, 2.45) is 0 Å². The van der Waals surface area contributed by atoms with E-state index in [1.54, 1.807) is 0 Å². The van der Waals surface area contributed by atoms with Gasteiger partial charge in [0.2, 0.25) is 0 Å². The van der Waals surface area contributed by atoms with Crippen LogP contribution in [-0.2, 0) is 103 Å². The molecule has 79 heavy (non-hydrogen) atoms. The Hall–Kier alpha value is 1.35. The molecule has 0 atom stereocenters. The molecule has 0 aliphatic heterocycles. The van der Waals surface area contributed by atoms with Crippen LogP contribution >= 0.6 is 46.9 Å². The standard InChI is InChI=1S/6C8H19O4P.Mo/c6*1-3-5-7-11-13(9,10)12-8-6-4-2;/h6*3-8H2,1-2H3,(H,9,10);/q;;;;;;+6/p-6. The minimum absolute atomic E-state index is 0. The predicted octanol–water partition coefficient (Wildman–Crippen LogP) is 12.5. The number of hydrogen-bond acceptors (Lipinski definition) is 24. The molecule has 0 unspecified atom stereocenters. The van der Waals surface area contributed by atoms with E-state index in [0.717, 1.165) is 154 Å². The van der Waals surface area contributed by atoms with E-state index >= 15 is 0 Å². The number of rotatable bonds is 48. The number of unbranched alkanes of at least 4 members (excludes halogenated alkanes) is 12. The molecule has 0 aliphatic rings. The van der Waals surface area contributed by atoms with Gasteiger partial charge in [0.1, 0.15) is 0 Å². The number of phosphoric ester groups is 6. The van der Waals surface area contributed by atoms with Gasteiger partial charge in [0.05, 0.1) is 79.3 Å². The Balaban J connectivity index is -0.000000157. The van der Waals surface area contributed by atoms with Crippen molar-refractivity contribution in [3.63, 3.8) is 0 Å². The van der Waals surface area contributed by atoms with Gasteiger partial charge in [-0.2, -0.15) is 0 Å². The summed E-state index contributed by atoms with van der Waals surface area (Å²) >= 11 is 0. The molecular weight excluding hydrogens is 1240 g/mol. The Bertz CT molecular complexity index is 1160. The van der Waals surface area contributed by atoms with E-state index < -0.39 is 46.9 Å². The van der Waals surface area contributed by atoms with Crippen molar-refractivity contribution < 1.29 is 132 Å². The first-order chi connectivity index (χ1) is 36.7. The smallest absolute Gasteiger partial charge is 0.756 e. The van der Waals surface area contributed by atoms with Gasteiger partial charge >= 0.3 is 21.1 Å². The van der Waals surface area contributed by atoms with Crippen molar-refractivity contribution in [3.8, 4) is 0 Å². The molecular formula is C48H108MoO24P6. The van der Waals surface area contributed by atoms with Crippen LogP contribution in [0.15, 0.2) is 0 Å². The summed E-state index contributed by atoms with van der Waals surface area (Å²) in [6, 6.07) is 0. The zero-order valence-corrected chi connectivity index (χ0v) is 57.7. The maximum absolute atomic E-state index is 11.0.